The Balaban J connectivity index is 2.91. The number of nitrogens with one attached hydrogen (secondary N) is 1. The third-order valence-corrected chi connectivity index (χ3v) is 3.27. The summed E-state index contributed by atoms with van der Waals surface area (Å²) in [6, 6.07) is 7.23. The van der Waals surface area contributed by atoms with E-state index in [0.717, 1.165) is 22.5 Å². The van der Waals surface area contributed by atoms with Gasteiger partial charge in [0.2, 0.25) is 0 Å². The molecule has 1 N–H and O–H groups in total. The number of benzene rings is 1. The fourth-order valence-electron chi connectivity index (χ4n) is 1.68. The number of ether oxygens (including phenoxy) is 2. The van der Waals surface area contributed by atoms with Gasteiger partial charge in [-0.25, -0.2) is 10.2 Å². The van der Waals surface area contributed by atoms with Gasteiger partial charge in [-0.05, 0) is 39.7 Å². The van der Waals surface area contributed by atoms with Gasteiger partial charge in [0.05, 0.1) is 6.61 Å². The minimum Gasteiger partial charge on any atom is -0.436 e. The Labute approximate surface area is 113 Å². The Kier molecular flexibility index (Phi) is 5.81. The van der Waals surface area contributed by atoms with Crippen molar-refractivity contribution >= 4 is 15.4 Å². The Morgan fingerprint density at radius 1 is 1.22 bits per heavy atom. The maximum absolute atomic E-state index is 6.01. The summed E-state index contributed by atoms with van der Waals surface area (Å²) in [5.41, 5.74) is 0. The SMILES string of the molecule is CCNC(OCC)(Oc1ccc([SiH3])cc1)N(C)C. The summed E-state index contributed by atoms with van der Waals surface area (Å²) in [5, 5.41) is 4.59. The maximum atomic E-state index is 6.01. The van der Waals surface area contributed by atoms with Crippen LogP contribution in [0.15, 0.2) is 24.3 Å². The Bertz CT molecular complexity index is 349. The van der Waals surface area contributed by atoms with Crippen LogP contribution in [0, 0.1) is 0 Å². The van der Waals surface area contributed by atoms with Crippen LogP contribution in [-0.2, 0) is 4.74 Å². The molecule has 0 heterocycles. The highest BCUT2D eigenvalue weighted by Crippen LogP contribution is 2.18. The van der Waals surface area contributed by atoms with Gasteiger partial charge in [0.25, 0.3) is 0 Å². The number of hydrogen-bond donors (Lipinski definition) is 1. The molecule has 1 aromatic rings. The summed E-state index contributed by atoms with van der Waals surface area (Å²) in [7, 11) is 4.91. The van der Waals surface area contributed by atoms with E-state index < -0.39 is 6.03 Å². The van der Waals surface area contributed by atoms with E-state index in [1.54, 1.807) is 0 Å². The lowest BCUT2D eigenvalue weighted by atomic mass is 10.3. The zero-order valence-electron chi connectivity index (χ0n) is 12.0. The molecule has 0 aliphatic carbocycles. The number of hydrogen-bond acceptors (Lipinski definition) is 4. The van der Waals surface area contributed by atoms with Gasteiger partial charge in [-0.1, -0.05) is 24.2 Å². The van der Waals surface area contributed by atoms with E-state index in [0.29, 0.717) is 6.61 Å². The normalized spacial score (nSPS) is 14.7. The van der Waals surface area contributed by atoms with Crippen molar-refractivity contribution in [2.45, 2.75) is 19.9 Å². The van der Waals surface area contributed by atoms with Crippen molar-refractivity contribution in [2.75, 3.05) is 27.2 Å². The Morgan fingerprint density at radius 3 is 2.28 bits per heavy atom. The molecule has 1 rings (SSSR count). The summed E-state index contributed by atoms with van der Waals surface area (Å²) in [4.78, 5) is 1.90. The molecule has 0 bridgehead atoms. The first-order chi connectivity index (χ1) is 8.54. The molecule has 0 amide bonds. The third-order valence-electron chi connectivity index (χ3n) is 2.61. The van der Waals surface area contributed by atoms with E-state index in [9.17, 15) is 0 Å². The van der Waals surface area contributed by atoms with Crippen LogP contribution in [0.1, 0.15) is 13.8 Å². The molecule has 1 atom stereocenters. The largest absolute Gasteiger partial charge is 0.436 e. The Morgan fingerprint density at radius 2 is 1.83 bits per heavy atom. The van der Waals surface area contributed by atoms with Crippen molar-refractivity contribution < 1.29 is 9.47 Å². The summed E-state index contributed by atoms with van der Waals surface area (Å²) in [5.74, 6) is 0.803. The summed E-state index contributed by atoms with van der Waals surface area (Å²) >= 11 is 0. The van der Waals surface area contributed by atoms with Crippen LogP contribution in [0.4, 0.5) is 0 Å². The molecule has 0 aliphatic rings. The number of nitrogens with zero attached hydrogens (tertiary/aromatic N) is 1. The van der Waals surface area contributed by atoms with Gasteiger partial charge in [0.1, 0.15) is 5.75 Å². The fraction of sp³-hybridized carbons (Fsp3) is 0.538. The van der Waals surface area contributed by atoms with E-state index in [1.165, 1.54) is 5.19 Å². The summed E-state index contributed by atoms with van der Waals surface area (Å²) < 4.78 is 11.8. The van der Waals surface area contributed by atoms with Crippen LogP contribution in [0.3, 0.4) is 0 Å². The molecule has 1 unspecified atom stereocenters. The van der Waals surface area contributed by atoms with Crippen LogP contribution >= 0.6 is 0 Å². The third kappa shape index (κ3) is 3.81. The highest BCUT2D eigenvalue weighted by molar-refractivity contribution is 6.32. The van der Waals surface area contributed by atoms with Crippen molar-refractivity contribution in [3.8, 4) is 5.75 Å². The molecule has 0 saturated carbocycles. The maximum Gasteiger partial charge on any atom is 0.338 e. The van der Waals surface area contributed by atoms with Gasteiger partial charge in [-0.3, -0.25) is 0 Å². The molecule has 0 aliphatic heterocycles. The van der Waals surface area contributed by atoms with E-state index >= 15 is 0 Å². The number of rotatable bonds is 7. The molecule has 0 spiro atoms. The molecular formula is C13H24N2O2Si. The molecule has 5 heteroatoms. The smallest absolute Gasteiger partial charge is 0.338 e. The highest BCUT2D eigenvalue weighted by atomic mass is 28.1. The van der Waals surface area contributed by atoms with Crippen molar-refractivity contribution in [3.63, 3.8) is 0 Å². The first kappa shape index (κ1) is 15.2. The average molecular weight is 268 g/mol. The van der Waals surface area contributed by atoms with E-state index in [2.05, 4.69) is 17.4 Å². The molecule has 0 aromatic heterocycles. The van der Waals surface area contributed by atoms with Crippen LogP contribution < -0.4 is 15.2 Å². The fourth-order valence-corrected chi connectivity index (χ4v) is 2.01. The quantitative estimate of drug-likeness (QED) is 0.552. The molecular weight excluding hydrogens is 244 g/mol. The molecule has 4 nitrogen and oxygen atoms in total. The zero-order chi connectivity index (χ0) is 13.6. The van der Waals surface area contributed by atoms with Gasteiger partial charge in [-0.15, -0.1) is 0 Å². The van der Waals surface area contributed by atoms with Gasteiger partial charge >= 0.3 is 6.03 Å². The van der Waals surface area contributed by atoms with E-state index in [1.807, 2.05) is 45.0 Å². The van der Waals surface area contributed by atoms with Crippen molar-refractivity contribution in [1.29, 1.82) is 0 Å². The summed E-state index contributed by atoms with van der Waals surface area (Å²) in [6.07, 6.45) is 0. The second kappa shape index (κ2) is 6.89. The van der Waals surface area contributed by atoms with Crippen molar-refractivity contribution in [3.05, 3.63) is 24.3 Å². The lowest BCUT2D eigenvalue weighted by molar-refractivity contribution is -0.279. The lowest BCUT2D eigenvalue weighted by Crippen LogP contribution is -2.62. The Hall–Kier alpha value is -0.883. The highest BCUT2D eigenvalue weighted by Gasteiger charge is 2.35. The predicted octanol–water partition coefficient (Wildman–Crippen LogP) is -0.125. The first-order valence-electron chi connectivity index (χ1n) is 6.36. The first-order valence-corrected chi connectivity index (χ1v) is 7.36. The minimum atomic E-state index is -0.907. The monoisotopic (exact) mass is 268 g/mol. The van der Waals surface area contributed by atoms with Crippen LogP contribution in [0.2, 0.25) is 0 Å². The summed E-state index contributed by atoms with van der Waals surface area (Å²) in [6.45, 7) is 5.32. The van der Waals surface area contributed by atoms with Gasteiger partial charge < -0.3 is 9.47 Å². The van der Waals surface area contributed by atoms with E-state index in [-0.39, 0.29) is 0 Å². The van der Waals surface area contributed by atoms with Crippen molar-refractivity contribution in [1.82, 2.24) is 10.2 Å². The topological polar surface area (TPSA) is 33.7 Å². The minimum absolute atomic E-state index is 0.573. The molecule has 0 radical (unpaired) electrons. The zero-order valence-corrected chi connectivity index (χ0v) is 14.0. The average Bonchev–Trinajstić information content (AvgIpc) is 2.32. The van der Waals surface area contributed by atoms with Gasteiger partial charge in [0.15, 0.2) is 0 Å². The van der Waals surface area contributed by atoms with Crippen LogP contribution in [-0.4, -0.2) is 48.4 Å². The van der Waals surface area contributed by atoms with Crippen molar-refractivity contribution in [2.24, 2.45) is 0 Å². The molecule has 1 aromatic carbocycles. The standard InChI is InChI=1S/C13H24N2O2Si/c1-5-14-13(15(3)4,16-6-2)17-11-7-9-12(18)10-8-11/h7-10,14H,5-6H2,1-4,18H3. The molecule has 102 valence electrons. The van der Waals surface area contributed by atoms with Gasteiger partial charge in [0, 0.05) is 10.2 Å². The second-order valence-electron chi connectivity index (χ2n) is 4.35. The van der Waals surface area contributed by atoms with E-state index in [4.69, 9.17) is 9.47 Å². The van der Waals surface area contributed by atoms with Crippen LogP contribution in [0.25, 0.3) is 0 Å². The molecule has 0 fully saturated rings. The second-order valence-corrected chi connectivity index (χ2v) is 5.51. The lowest BCUT2D eigenvalue weighted by Gasteiger charge is -2.38. The van der Waals surface area contributed by atoms with Gasteiger partial charge in [-0.2, -0.15) is 0 Å². The molecule has 0 saturated heterocycles. The van der Waals surface area contributed by atoms with Crippen LogP contribution in [0.5, 0.6) is 5.75 Å². The predicted molar refractivity (Wildman–Crippen MR) is 78.4 cm³/mol. The molecule has 18 heavy (non-hydrogen) atoms.